The van der Waals surface area contributed by atoms with Crippen molar-refractivity contribution in [3.63, 3.8) is 0 Å². The van der Waals surface area contributed by atoms with Gasteiger partial charge in [0.2, 0.25) is 0 Å². The zero-order valence-electron chi connectivity index (χ0n) is 13.1. The molecule has 3 rings (SSSR count). The molecule has 2 nitrogen and oxygen atoms in total. The van der Waals surface area contributed by atoms with Crippen LogP contribution in [-0.2, 0) is 5.41 Å². The lowest BCUT2D eigenvalue weighted by molar-refractivity contribution is 0.0506. The molecule has 1 saturated carbocycles. The van der Waals surface area contributed by atoms with Crippen molar-refractivity contribution >= 4 is 0 Å². The van der Waals surface area contributed by atoms with Crippen LogP contribution >= 0.6 is 0 Å². The Morgan fingerprint density at radius 1 is 1.30 bits per heavy atom. The molecule has 1 aliphatic carbocycles. The standard InChI is InChI=1S/C18H27NO/c1-14-7-8-16-13-19(2)10-9-18(16,12-14)15-5-4-6-17(11-15)20-3/h4-6,11,14,16H,7-10,12-13H2,1-3H3/t14-,16-,18+/m0/s1. The maximum absolute atomic E-state index is 5.46. The SMILES string of the molecule is COc1cccc([C@]23CCN(C)C[C@@H]2CC[C@H](C)C3)c1. The van der Waals surface area contributed by atoms with Crippen molar-refractivity contribution in [2.75, 3.05) is 27.2 Å². The van der Waals surface area contributed by atoms with Gasteiger partial charge in [-0.15, -0.1) is 0 Å². The Morgan fingerprint density at radius 2 is 2.15 bits per heavy atom. The van der Waals surface area contributed by atoms with Crippen LogP contribution in [0.1, 0.15) is 38.2 Å². The highest BCUT2D eigenvalue weighted by molar-refractivity contribution is 5.36. The van der Waals surface area contributed by atoms with E-state index in [2.05, 4.69) is 43.1 Å². The van der Waals surface area contributed by atoms with Gasteiger partial charge in [-0.05, 0) is 62.4 Å². The van der Waals surface area contributed by atoms with E-state index in [9.17, 15) is 0 Å². The van der Waals surface area contributed by atoms with E-state index < -0.39 is 0 Å². The average Bonchev–Trinajstić information content (AvgIpc) is 2.47. The molecule has 110 valence electrons. The number of rotatable bonds is 2. The van der Waals surface area contributed by atoms with Crippen LogP contribution in [0.4, 0.5) is 0 Å². The summed E-state index contributed by atoms with van der Waals surface area (Å²) in [6.07, 6.45) is 5.41. The first-order valence-electron chi connectivity index (χ1n) is 7.97. The summed E-state index contributed by atoms with van der Waals surface area (Å²) in [6, 6.07) is 8.85. The van der Waals surface area contributed by atoms with E-state index >= 15 is 0 Å². The topological polar surface area (TPSA) is 12.5 Å². The fourth-order valence-corrected chi connectivity index (χ4v) is 4.51. The highest BCUT2D eigenvalue weighted by Gasteiger charge is 2.46. The van der Waals surface area contributed by atoms with Gasteiger partial charge >= 0.3 is 0 Å². The molecule has 1 aromatic carbocycles. The number of hydrogen-bond donors (Lipinski definition) is 0. The zero-order valence-corrected chi connectivity index (χ0v) is 13.1. The van der Waals surface area contributed by atoms with Crippen molar-refractivity contribution in [3.05, 3.63) is 29.8 Å². The number of ether oxygens (including phenoxy) is 1. The molecule has 0 amide bonds. The lowest BCUT2D eigenvalue weighted by atomic mass is 9.57. The normalized spacial score (nSPS) is 34.5. The molecule has 0 N–H and O–H groups in total. The van der Waals surface area contributed by atoms with E-state index in [1.165, 1.54) is 44.3 Å². The highest BCUT2D eigenvalue weighted by Crippen LogP contribution is 2.50. The second kappa shape index (κ2) is 5.40. The van der Waals surface area contributed by atoms with Gasteiger partial charge in [-0.1, -0.05) is 25.5 Å². The fourth-order valence-electron chi connectivity index (χ4n) is 4.51. The largest absolute Gasteiger partial charge is 0.497 e. The molecule has 1 aromatic rings. The van der Waals surface area contributed by atoms with Gasteiger partial charge in [0.15, 0.2) is 0 Å². The van der Waals surface area contributed by atoms with Crippen molar-refractivity contribution in [3.8, 4) is 5.75 Å². The molecule has 1 saturated heterocycles. The third kappa shape index (κ3) is 2.35. The van der Waals surface area contributed by atoms with E-state index in [1.807, 2.05) is 0 Å². The lowest BCUT2D eigenvalue weighted by Crippen LogP contribution is -2.51. The lowest BCUT2D eigenvalue weighted by Gasteiger charge is -2.52. The Bertz CT molecular complexity index is 472. The third-order valence-electron chi connectivity index (χ3n) is 5.62. The third-order valence-corrected chi connectivity index (χ3v) is 5.62. The number of hydrogen-bond acceptors (Lipinski definition) is 2. The number of methoxy groups -OCH3 is 1. The first kappa shape index (κ1) is 13.9. The van der Waals surface area contributed by atoms with Crippen molar-refractivity contribution in [1.82, 2.24) is 4.90 Å². The summed E-state index contributed by atoms with van der Waals surface area (Å²) in [4.78, 5) is 2.51. The highest BCUT2D eigenvalue weighted by atomic mass is 16.5. The molecule has 1 heterocycles. The van der Waals surface area contributed by atoms with Gasteiger partial charge in [-0.2, -0.15) is 0 Å². The number of nitrogens with zero attached hydrogens (tertiary/aromatic N) is 1. The molecular formula is C18H27NO. The van der Waals surface area contributed by atoms with Crippen LogP contribution < -0.4 is 4.74 Å². The van der Waals surface area contributed by atoms with Crippen LogP contribution in [0.2, 0.25) is 0 Å². The van der Waals surface area contributed by atoms with Crippen LogP contribution in [0.15, 0.2) is 24.3 Å². The van der Waals surface area contributed by atoms with Gasteiger partial charge in [0, 0.05) is 12.0 Å². The Balaban J connectivity index is 1.99. The molecular weight excluding hydrogens is 246 g/mol. The van der Waals surface area contributed by atoms with Gasteiger partial charge in [0.05, 0.1) is 7.11 Å². The number of piperidine rings is 1. The smallest absolute Gasteiger partial charge is 0.119 e. The first-order chi connectivity index (χ1) is 9.64. The van der Waals surface area contributed by atoms with E-state index in [-0.39, 0.29) is 0 Å². The van der Waals surface area contributed by atoms with Gasteiger partial charge in [0.25, 0.3) is 0 Å². The first-order valence-corrected chi connectivity index (χ1v) is 7.97. The summed E-state index contributed by atoms with van der Waals surface area (Å²) in [7, 11) is 4.04. The predicted molar refractivity (Wildman–Crippen MR) is 83.3 cm³/mol. The van der Waals surface area contributed by atoms with Gasteiger partial charge in [-0.25, -0.2) is 0 Å². The molecule has 0 bridgehead atoms. The number of fused-ring (bicyclic) bond motifs is 1. The van der Waals surface area contributed by atoms with Crippen molar-refractivity contribution in [1.29, 1.82) is 0 Å². The average molecular weight is 273 g/mol. The van der Waals surface area contributed by atoms with Gasteiger partial charge < -0.3 is 9.64 Å². The molecule has 1 aliphatic heterocycles. The summed E-state index contributed by atoms with van der Waals surface area (Å²) < 4.78 is 5.46. The predicted octanol–water partition coefficient (Wildman–Crippen LogP) is 3.70. The number of likely N-dealkylation sites (tertiary alicyclic amines) is 1. The molecule has 0 aromatic heterocycles. The van der Waals surface area contributed by atoms with Crippen LogP contribution in [0, 0.1) is 11.8 Å². The number of benzene rings is 1. The molecule has 2 fully saturated rings. The van der Waals surface area contributed by atoms with E-state index in [0.717, 1.165) is 17.6 Å². The monoisotopic (exact) mass is 273 g/mol. The second-order valence-corrected chi connectivity index (χ2v) is 6.98. The van der Waals surface area contributed by atoms with E-state index in [0.29, 0.717) is 5.41 Å². The quantitative estimate of drug-likeness (QED) is 0.814. The van der Waals surface area contributed by atoms with Crippen LogP contribution in [0.3, 0.4) is 0 Å². The minimum absolute atomic E-state index is 0.388. The summed E-state index contributed by atoms with van der Waals surface area (Å²) in [5.74, 6) is 2.66. The molecule has 20 heavy (non-hydrogen) atoms. The van der Waals surface area contributed by atoms with Gasteiger partial charge in [0.1, 0.15) is 5.75 Å². The minimum atomic E-state index is 0.388. The fraction of sp³-hybridized carbons (Fsp3) is 0.667. The molecule has 2 aliphatic rings. The van der Waals surface area contributed by atoms with E-state index in [1.54, 1.807) is 7.11 Å². The van der Waals surface area contributed by atoms with Gasteiger partial charge in [-0.3, -0.25) is 0 Å². The Morgan fingerprint density at radius 3 is 2.95 bits per heavy atom. The summed E-state index contributed by atoms with van der Waals surface area (Å²) in [6.45, 7) is 4.90. The molecule has 0 unspecified atom stereocenters. The van der Waals surface area contributed by atoms with Crippen molar-refractivity contribution in [2.45, 2.75) is 38.0 Å². The van der Waals surface area contributed by atoms with Crippen LogP contribution in [-0.4, -0.2) is 32.1 Å². The zero-order chi connectivity index (χ0) is 14.2. The Labute approximate surface area is 123 Å². The molecule has 3 atom stereocenters. The van der Waals surface area contributed by atoms with Crippen molar-refractivity contribution < 1.29 is 4.74 Å². The van der Waals surface area contributed by atoms with Crippen molar-refractivity contribution in [2.24, 2.45) is 11.8 Å². The van der Waals surface area contributed by atoms with E-state index in [4.69, 9.17) is 4.74 Å². The second-order valence-electron chi connectivity index (χ2n) is 6.98. The summed E-state index contributed by atoms with van der Waals surface area (Å²) in [5.41, 5.74) is 1.90. The summed E-state index contributed by atoms with van der Waals surface area (Å²) in [5, 5.41) is 0. The molecule has 0 spiro atoms. The van der Waals surface area contributed by atoms with Crippen LogP contribution in [0.25, 0.3) is 0 Å². The Kier molecular flexibility index (Phi) is 3.76. The summed E-state index contributed by atoms with van der Waals surface area (Å²) >= 11 is 0. The minimum Gasteiger partial charge on any atom is -0.497 e. The van der Waals surface area contributed by atoms with Crippen LogP contribution in [0.5, 0.6) is 5.75 Å². The maximum atomic E-state index is 5.46. The Hall–Kier alpha value is -1.02. The molecule has 2 heteroatoms. The molecule has 0 radical (unpaired) electrons. The maximum Gasteiger partial charge on any atom is 0.119 e.